The number of nitrogens with zero attached hydrogens (tertiary/aromatic N) is 1. The van der Waals surface area contributed by atoms with Gasteiger partial charge in [0.1, 0.15) is 5.78 Å². The molecule has 1 N–H and O–H groups in total. The fraction of sp³-hybridized carbons (Fsp3) is 0.882. The molecule has 4 heteroatoms. The largest absolute Gasteiger partial charge is 0.355 e. The third-order valence-electron chi connectivity index (χ3n) is 5.12. The summed E-state index contributed by atoms with van der Waals surface area (Å²) < 4.78 is 0. The molecule has 4 atom stereocenters. The van der Waals surface area contributed by atoms with Crippen LogP contribution in [0, 0.1) is 29.1 Å². The Labute approximate surface area is 128 Å². The first-order chi connectivity index (χ1) is 9.71. The van der Waals surface area contributed by atoms with E-state index in [0.29, 0.717) is 18.4 Å². The van der Waals surface area contributed by atoms with E-state index in [0.717, 1.165) is 25.8 Å². The number of amides is 1. The van der Waals surface area contributed by atoms with Crippen molar-refractivity contribution >= 4 is 11.7 Å². The SMILES string of the molecule is CN(C)CCNC(=O)C1C2CCC(C2)C1C(=O)C(C)(C)C. The Balaban J connectivity index is 2.05. The van der Waals surface area contributed by atoms with Crippen LogP contribution in [-0.4, -0.2) is 43.8 Å². The lowest BCUT2D eigenvalue weighted by Crippen LogP contribution is -2.45. The molecule has 0 aromatic heterocycles. The molecular weight excluding hydrogens is 264 g/mol. The predicted molar refractivity (Wildman–Crippen MR) is 83.8 cm³/mol. The van der Waals surface area contributed by atoms with E-state index in [1.807, 2.05) is 34.9 Å². The van der Waals surface area contributed by atoms with E-state index >= 15 is 0 Å². The zero-order valence-electron chi connectivity index (χ0n) is 14.1. The van der Waals surface area contributed by atoms with E-state index in [1.54, 1.807) is 0 Å². The molecule has 0 aliphatic heterocycles. The van der Waals surface area contributed by atoms with Crippen molar-refractivity contribution in [2.75, 3.05) is 27.2 Å². The number of carbonyl (C=O) groups excluding carboxylic acids is 2. The zero-order valence-corrected chi connectivity index (χ0v) is 14.1. The summed E-state index contributed by atoms with van der Waals surface area (Å²) in [5.41, 5.74) is -0.350. The molecule has 1 amide bonds. The average Bonchev–Trinajstić information content (AvgIpc) is 2.95. The molecule has 21 heavy (non-hydrogen) atoms. The maximum Gasteiger partial charge on any atom is 0.224 e. The molecule has 2 aliphatic carbocycles. The number of fused-ring (bicyclic) bond motifs is 2. The minimum atomic E-state index is -0.350. The summed E-state index contributed by atoms with van der Waals surface area (Å²) >= 11 is 0. The summed E-state index contributed by atoms with van der Waals surface area (Å²) in [5.74, 6) is 1.10. The van der Waals surface area contributed by atoms with Gasteiger partial charge in [-0.1, -0.05) is 20.8 Å². The smallest absolute Gasteiger partial charge is 0.224 e. The van der Waals surface area contributed by atoms with Crippen molar-refractivity contribution in [2.24, 2.45) is 29.1 Å². The maximum absolute atomic E-state index is 12.8. The fourth-order valence-corrected chi connectivity index (χ4v) is 4.07. The van der Waals surface area contributed by atoms with Crippen molar-refractivity contribution in [1.29, 1.82) is 0 Å². The number of likely N-dealkylation sites (N-methyl/N-ethyl adjacent to an activating group) is 1. The highest BCUT2D eigenvalue weighted by atomic mass is 16.2. The van der Waals surface area contributed by atoms with Crippen LogP contribution in [0.2, 0.25) is 0 Å². The summed E-state index contributed by atoms with van der Waals surface area (Å²) in [4.78, 5) is 27.4. The summed E-state index contributed by atoms with van der Waals surface area (Å²) in [6, 6.07) is 0. The van der Waals surface area contributed by atoms with Gasteiger partial charge in [-0.15, -0.1) is 0 Å². The molecule has 2 fully saturated rings. The van der Waals surface area contributed by atoms with Gasteiger partial charge < -0.3 is 10.2 Å². The number of carbonyl (C=O) groups is 2. The first-order valence-electron chi connectivity index (χ1n) is 8.18. The number of nitrogens with one attached hydrogen (secondary N) is 1. The van der Waals surface area contributed by atoms with Gasteiger partial charge in [-0.25, -0.2) is 0 Å². The average molecular weight is 294 g/mol. The normalized spacial score (nSPS) is 31.7. The van der Waals surface area contributed by atoms with Gasteiger partial charge >= 0.3 is 0 Å². The van der Waals surface area contributed by atoms with Crippen molar-refractivity contribution in [3.8, 4) is 0 Å². The molecule has 2 bridgehead atoms. The molecule has 0 spiro atoms. The molecule has 0 aromatic rings. The van der Waals surface area contributed by atoms with E-state index < -0.39 is 0 Å². The van der Waals surface area contributed by atoms with E-state index in [-0.39, 0.29) is 28.9 Å². The molecule has 0 radical (unpaired) electrons. The molecule has 0 heterocycles. The van der Waals surface area contributed by atoms with Crippen molar-refractivity contribution in [3.05, 3.63) is 0 Å². The minimum absolute atomic E-state index is 0.0527. The Kier molecular flexibility index (Phi) is 4.76. The van der Waals surface area contributed by atoms with Crippen molar-refractivity contribution in [1.82, 2.24) is 10.2 Å². The first kappa shape index (κ1) is 16.5. The number of ketones is 1. The van der Waals surface area contributed by atoms with Crippen molar-refractivity contribution in [2.45, 2.75) is 40.0 Å². The second-order valence-electron chi connectivity index (χ2n) is 8.09. The number of Topliss-reactive ketones (excluding diaryl/α,β-unsaturated/α-hetero) is 1. The monoisotopic (exact) mass is 294 g/mol. The third-order valence-corrected chi connectivity index (χ3v) is 5.12. The van der Waals surface area contributed by atoms with Crippen LogP contribution in [0.25, 0.3) is 0 Å². The van der Waals surface area contributed by atoms with Crippen LogP contribution in [0.15, 0.2) is 0 Å². The number of hydrogen-bond donors (Lipinski definition) is 1. The summed E-state index contributed by atoms with van der Waals surface area (Å²) in [5, 5.41) is 3.04. The molecule has 2 saturated carbocycles. The highest BCUT2D eigenvalue weighted by molar-refractivity contribution is 5.92. The van der Waals surface area contributed by atoms with Crippen molar-refractivity contribution < 1.29 is 9.59 Å². The van der Waals surface area contributed by atoms with Crippen molar-refractivity contribution in [3.63, 3.8) is 0 Å². The maximum atomic E-state index is 12.8. The van der Waals surface area contributed by atoms with Crippen LogP contribution in [0.5, 0.6) is 0 Å². The predicted octanol–water partition coefficient (Wildman–Crippen LogP) is 1.94. The molecule has 0 aromatic carbocycles. The van der Waals surface area contributed by atoms with Gasteiger partial charge in [-0.3, -0.25) is 9.59 Å². The molecule has 2 rings (SSSR count). The Morgan fingerprint density at radius 1 is 1.10 bits per heavy atom. The van der Waals surface area contributed by atoms with Crippen LogP contribution in [0.1, 0.15) is 40.0 Å². The Morgan fingerprint density at radius 2 is 1.67 bits per heavy atom. The van der Waals surface area contributed by atoms with Gasteiger partial charge in [0.05, 0.1) is 5.92 Å². The highest BCUT2D eigenvalue weighted by Gasteiger charge is 2.54. The van der Waals surface area contributed by atoms with Crippen LogP contribution < -0.4 is 5.32 Å². The van der Waals surface area contributed by atoms with Gasteiger partial charge in [0, 0.05) is 24.4 Å². The highest BCUT2D eigenvalue weighted by Crippen LogP contribution is 2.54. The van der Waals surface area contributed by atoms with Gasteiger partial charge in [-0.05, 0) is 45.2 Å². The van der Waals surface area contributed by atoms with Gasteiger partial charge in [0.2, 0.25) is 5.91 Å². The van der Waals surface area contributed by atoms with Gasteiger partial charge in [-0.2, -0.15) is 0 Å². The summed E-state index contributed by atoms with van der Waals surface area (Å²) in [7, 11) is 3.99. The topological polar surface area (TPSA) is 49.4 Å². The quantitative estimate of drug-likeness (QED) is 0.843. The molecule has 4 unspecified atom stereocenters. The number of rotatable bonds is 5. The van der Waals surface area contributed by atoms with E-state index in [4.69, 9.17) is 0 Å². The molecule has 0 saturated heterocycles. The van der Waals surface area contributed by atoms with E-state index in [9.17, 15) is 9.59 Å². The molecule has 4 nitrogen and oxygen atoms in total. The standard InChI is InChI=1S/C17H30N2O2/c1-17(2,3)15(20)13-11-6-7-12(10-11)14(13)16(21)18-8-9-19(4)5/h11-14H,6-10H2,1-5H3,(H,18,21). The lowest BCUT2D eigenvalue weighted by Gasteiger charge is -2.33. The number of hydrogen-bond acceptors (Lipinski definition) is 3. The van der Waals surface area contributed by atoms with Gasteiger partial charge in [0.25, 0.3) is 0 Å². The van der Waals surface area contributed by atoms with Crippen LogP contribution in [-0.2, 0) is 9.59 Å². The lowest BCUT2D eigenvalue weighted by atomic mass is 9.70. The fourth-order valence-electron chi connectivity index (χ4n) is 4.07. The molecular formula is C17H30N2O2. The van der Waals surface area contributed by atoms with Crippen LogP contribution >= 0.6 is 0 Å². The summed E-state index contributed by atoms with van der Waals surface area (Å²) in [6.07, 6.45) is 3.31. The minimum Gasteiger partial charge on any atom is -0.355 e. The first-order valence-corrected chi connectivity index (χ1v) is 8.18. The zero-order chi connectivity index (χ0) is 15.8. The van der Waals surface area contributed by atoms with Crippen LogP contribution in [0.3, 0.4) is 0 Å². The van der Waals surface area contributed by atoms with E-state index in [2.05, 4.69) is 10.2 Å². The second-order valence-corrected chi connectivity index (χ2v) is 8.09. The lowest BCUT2D eigenvalue weighted by molar-refractivity contribution is -0.140. The Bertz CT molecular complexity index is 412. The Hall–Kier alpha value is -0.900. The second kappa shape index (κ2) is 6.07. The van der Waals surface area contributed by atoms with Crippen LogP contribution in [0.4, 0.5) is 0 Å². The third kappa shape index (κ3) is 3.47. The molecule has 2 aliphatic rings. The Morgan fingerprint density at radius 3 is 2.19 bits per heavy atom. The van der Waals surface area contributed by atoms with E-state index in [1.165, 1.54) is 0 Å². The van der Waals surface area contributed by atoms with Gasteiger partial charge in [0.15, 0.2) is 0 Å². The summed E-state index contributed by atoms with van der Waals surface area (Å²) in [6.45, 7) is 7.42. The molecule has 120 valence electrons.